The molecule has 0 radical (unpaired) electrons. The van der Waals surface area contributed by atoms with Crippen LogP contribution in [0.4, 0.5) is 13.2 Å². The number of aromatic nitrogens is 3. The van der Waals surface area contributed by atoms with Crippen LogP contribution < -0.4 is 0 Å². The van der Waals surface area contributed by atoms with Crippen LogP contribution in [0.5, 0.6) is 0 Å². The van der Waals surface area contributed by atoms with Gasteiger partial charge >= 0.3 is 6.18 Å². The number of nitrogens with zero attached hydrogens (tertiary/aromatic N) is 5. The molecule has 1 amide bonds. The van der Waals surface area contributed by atoms with Crippen molar-refractivity contribution in [1.29, 1.82) is 0 Å². The second-order valence-electron chi connectivity index (χ2n) is 6.21. The van der Waals surface area contributed by atoms with Crippen LogP contribution >= 0.6 is 0 Å². The molecule has 1 aliphatic heterocycles. The Bertz CT molecular complexity index is 732. The lowest BCUT2D eigenvalue weighted by Gasteiger charge is -2.44. The predicted molar refractivity (Wildman–Crippen MR) is 80.6 cm³/mol. The zero-order valence-electron chi connectivity index (χ0n) is 13.4. The molecule has 0 aromatic carbocycles. The molecule has 0 saturated carbocycles. The lowest BCUT2D eigenvalue weighted by atomic mass is 10.1. The van der Waals surface area contributed by atoms with Gasteiger partial charge in [-0.3, -0.25) is 14.1 Å². The molecular formula is C15H18F3N5O. The van der Waals surface area contributed by atoms with Gasteiger partial charge in [0.2, 0.25) is 0 Å². The molecule has 0 bridgehead atoms. The van der Waals surface area contributed by atoms with Gasteiger partial charge in [0.15, 0.2) is 5.65 Å². The normalized spacial score (nSPS) is 23.0. The third kappa shape index (κ3) is 3.35. The molecule has 130 valence electrons. The summed E-state index contributed by atoms with van der Waals surface area (Å²) >= 11 is 0. The van der Waals surface area contributed by atoms with E-state index in [1.165, 1.54) is 11.2 Å². The minimum absolute atomic E-state index is 0.198. The Morgan fingerprint density at radius 3 is 2.54 bits per heavy atom. The highest BCUT2D eigenvalue weighted by Gasteiger charge is 2.39. The van der Waals surface area contributed by atoms with E-state index in [1.807, 2.05) is 0 Å². The lowest BCUT2D eigenvalue weighted by Crippen LogP contribution is -2.59. The molecule has 1 fully saturated rings. The summed E-state index contributed by atoms with van der Waals surface area (Å²) in [5.41, 5.74) is 1.09. The maximum absolute atomic E-state index is 12.7. The number of alkyl halides is 3. The minimum atomic E-state index is -4.24. The Hall–Kier alpha value is -2.16. The molecular weight excluding hydrogens is 323 g/mol. The second kappa shape index (κ2) is 6.04. The van der Waals surface area contributed by atoms with Crippen molar-refractivity contribution in [3.8, 4) is 0 Å². The van der Waals surface area contributed by atoms with Gasteiger partial charge < -0.3 is 4.90 Å². The Morgan fingerprint density at radius 1 is 1.25 bits per heavy atom. The summed E-state index contributed by atoms with van der Waals surface area (Å²) in [6.45, 7) is 3.00. The fraction of sp³-hybridized carbons (Fsp3) is 0.533. The van der Waals surface area contributed by atoms with Gasteiger partial charge in [-0.1, -0.05) is 0 Å². The summed E-state index contributed by atoms with van der Waals surface area (Å²) in [7, 11) is 0. The zero-order valence-corrected chi connectivity index (χ0v) is 13.4. The summed E-state index contributed by atoms with van der Waals surface area (Å²) in [4.78, 5) is 15.7. The smallest absolute Gasteiger partial charge is 0.335 e. The van der Waals surface area contributed by atoms with E-state index >= 15 is 0 Å². The van der Waals surface area contributed by atoms with Gasteiger partial charge in [0.1, 0.15) is 6.33 Å². The second-order valence-corrected chi connectivity index (χ2v) is 6.21. The number of rotatable bonds is 2. The highest BCUT2D eigenvalue weighted by Crippen LogP contribution is 2.24. The van der Waals surface area contributed by atoms with Crippen molar-refractivity contribution in [1.82, 2.24) is 24.4 Å². The Kier molecular flexibility index (Phi) is 4.20. The highest BCUT2D eigenvalue weighted by atomic mass is 19.4. The van der Waals surface area contributed by atoms with E-state index in [2.05, 4.69) is 10.2 Å². The van der Waals surface area contributed by atoms with Gasteiger partial charge in [-0.25, -0.2) is 0 Å². The monoisotopic (exact) mass is 341 g/mol. The van der Waals surface area contributed by atoms with E-state index in [1.54, 1.807) is 41.5 Å². The Labute approximate surface area is 136 Å². The average Bonchev–Trinajstić information content (AvgIpc) is 2.96. The third-order valence-corrected chi connectivity index (χ3v) is 4.29. The number of halogens is 3. The van der Waals surface area contributed by atoms with Gasteiger partial charge in [-0.2, -0.15) is 13.2 Å². The average molecular weight is 341 g/mol. The Morgan fingerprint density at radius 2 is 1.92 bits per heavy atom. The Balaban J connectivity index is 1.75. The summed E-state index contributed by atoms with van der Waals surface area (Å²) in [6, 6.07) is 2.62. The van der Waals surface area contributed by atoms with E-state index < -0.39 is 12.7 Å². The molecule has 0 unspecified atom stereocenters. The molecule has 9 heteroatoms. The van der Waals surface area contributed by atoms with E-state index in [-0.39, 0.29) is 31.1 Å². The fourth-order valence-corrected chi connectivity index (χ4v) is 3.18. The molecule has 0 aliphatic carbocycles. The quantitative estimate of drug-likeness (QED) is 0.836. The highest BCUT2D eigenvalue weighted by molar-refractivity contribution is 5.94. The first-order chi connectivity index (χ1) is 11.2. The molecule has 1 saturated heterocycles. The van der Waals surface area contributed by atoms with E-state index in [9.17, 15) is 18.0 Å². The van der Waals surface area contributed by atoms with Crippen molar-refractivity contribution >= 4 is 11.6 Å². The van der Waals surface area contributed by atoms with Crippen molar-refractivity contribution in [2.75, 3.05) is 19.6 Å². The van der Waals surface area contributed by atoms with Gasteiger partial charge in [0.25, 0.3) is 5.91 Å². The SMILES string of the molecule is C[C@@H]1CN(C(=O)c2ccc3nncn3c2)C[C@H](C)N1CC(F)(F)F. The lowest BCUT2D eigenvalue weighted by molar-refractivity contribution is -0.160. The molecule has 0 spiro atoms. The molecule has 2 aromatic heterocycles. The maximum atomic E-state index is 12.7. The van der Waals surface area contributed by atoms with Gasteiger partial charge in [-0.05, 0) is 26.0 Å². The molecule has 0 N–H and O–H groups in total. The maximum Gasteiger partial charge on any atom is 0.401 e. The number of hydrogen-bond acceptors (Lipinski definition) is 4. The summed E-state index contributed by atoms with van der Waals surface area (Å²) < 4.78 is 39.7. The topological polar surface area (TPSA) is 53.7 Å². The number of piperazine rings is 1. The third-order valence-electron chi connectivity index (χ3n) is 4.29. The van der Waals surface area contributed by atoms with E-state index in [0.717, 1.165) is 0 Å². The van der Waals surface area contributed by atoms with Crippen molar-refractivity contribution in [2.24, 2.45) is 0 Å². The fourth-order valence-electron chi connectivity index (χ4n) is 3.18. The van der Waals surface area contributed by atoms with E-state index in [0.29, 0.717) is 11.2 Å². The van der Waals surface area contributed by atoms with Crippen molar-refractivity contribution in [2.45, 2.75) is 32.1 Å². The van der Waals surface area contributed by atoms with E-state index in [4.69, 9.17) is 0 Å². The van der Waals surface area contributed by atoms with Crippen LogP contribution in [0.2, 0.25) is 0 Å². The number of amides is 1. The molecule has 1 aliphatic rings. The van der Waals surface area contributed by atoms with Gasteiger partial charge in [0, 0.05) is 31.4 Å². The molecule has 3 rings (SSSR count). The van der Waals surface area contributed by atoms with Crippen LogP contribution in [-0.2, 0) is 0 Å². The first-order valence-electron chi connectivity index (χ1n) is 7.66. The zero-order chi connectivity index (χ0) is 17.5. The molecule has 2 aromatic rings. The minimum Gasteiger partial charge on any atom is -0.335 e. The molecule has 3 heterocycles. The van der Waals surface area contributed by atoms with Crippen LogP contribution in [0.1, 0.15) is 24.2 Å². The number of carbonyl (C=O) groups is 1. The molecule has 2 atom stereocenters. The summed E-state index contributed by atoms with van der Waals surface area (Å²) in [5, 5.41) is 7.63. The number of pyridine rings is 1. The largest absolute Gasteiger partial charge is 0.401 e. The summed E-state index contributed by atoms with van der Waals surface area (Å²) in [6.07, 6.45) is -1.11. The van der Waals surface area contributed by atoms with Crippen LogP contribution in [0, 0.1) is 0 Å². The van der Waals surface area contributed by atoms with Crippen LogP contribution in [0.3, 0.4) is 0 Å². The predicted octanol–water partition coefficient (Wildman–Crippen LogP) is 1.83. The first-order valence-corrected chi connectivity index (χ1v) is 7.66. The van der Waals surface area contributed by atoms with Crippen LogP contribution in [0.25, 0.3) is 5.65 Å². The molecule has 24 heavy (non-hydrogen) atoms. The van der Waals surface area contributed by atoms with Crippen molar-refractivity contribution in [3.05, 3.63) is 30.2 Å². The van der Waals surface area contributed by atoms with Crippen LogP contribution in [-0.4, -0.2) is 68.2 Å². The molecule has 6 nitrogen and oxygen atoms in total. The number of fused-ring (bicyclic) bond motifs is 1. The van der Waals surface area contributed by atoms with Crippen LogP contribution in [0.15, 0.2) is 24.7 Å². The number of carbonyl (C=O) groups excluding carboxylic acids is 1. The van der Waals surface area contributed by atoms with Gasteiger partial charge in [0.05, 0.1) is 12.1 Å². The van der Waals surface area contributed by atoms with Crippen molar-refractivity contribution < 1.29 is 18.0 Å². The number of hydrogen-bond donors (Lipinski definition) is 0. The first kappa shape index (κ1) is 16.7. The standard InChI is InChI=1S/C15H18F3N5O/c1-10-5-21(6-11(2)23(10)8-15(16,17)18)14(24)12-3-4-13-20-19-9-22(13)7-12/h3-4,7,9-11H,5-6,8H2,1-2H3/t10-,11+. The summed E-state index contributed by atoms with van der Waals surface area (Å²) in [5.74, 6) is -0.198. The van der Waals surface area contributed by atoms with Gasteiger partial charge in [-0.15, -0.1) is 10.2 Å². The van der Waals surface area contributed by atoms with Crippen molar-refractivity contribution in [3.63, 3.8) is 0 Å².